The van der Waals surface area contributed by atoms with Crippen molar-refractivity contribution in [2.75, 3.05) is 0 Å². The Labute approximate surface area is 143 Å². The van der Waals surface area contributed by atoms with E-state index in [4.69, 9.17) is 4.55 Å². The summed E-state index contributed by atoms with van der Waals surface area (Å²) in [7, 11) is -3.85. The van der Waals surface area contributed by atoms with Gasteiger partial charge in [-0.05, 0) is 25.7 Å². The van der Waals surface area contributed by atoms with Gasteiger partial charge in [0.05, 0.1) is 11.4 Å². The molecule has 0 fully saturated rings. The lowest BCUT2D eigenvalue weighted by molar-refractivity contribution is 0.156. The number of unbranched alkanes of at least 4 members (excludes halogenated alkanes) is 9. The van der Waals surface area contributed by atoms with Crippen LogP contribution in [-0.2, 0) is 10.1 Å². The van der Waals surface area contributed by atoms with Gasteiger partial charge in [0.1, 0.15) is 0 Å². The van der Waals surface area contributed by atoms with Crippen LogP contribution in [0.2, 0.25) is 0 Å². The number of hydrogen-bond donors (Lipinski definition) is 2. The zero-order valence-electron chi connectivity index (χ0n) is 15.2. The van der Waals surface area contributed by atoms with Gasteiger partial charge in [-0.25, -0.2) is 0 Å². The van der Waals surface area contributed by atoms with E-state index in [9.17, 15) is 13.5 Å². The fourth-order valence-corrected chi connectivity index (χ4v) is 3.82. The van der Waals surface area contributed by atoms with Gasteiger partial charge in [0.2, 0.25) is 0 Å². The van der Waals surface area contributed by atoms with Crippen LogP contribution < -0.4 is 0 Å². The van der Waals surface area contributed by atoms with E-state index in [0.717, 1.165) is 38.5 Å². The molecule has 2 N–H and O–H groups in total. The molecule has 23 heavy (non-hydrogen) atoms. The molecule has 0 aromatic heterocycles. The molecule has 0 aliphatic heterocycles. The van der Waals surface area contributed by atoms with Gasteiger partial charge in [-0.15, -0.1) is 0 Å². The SMILES string of the molecule is CCC(O)CCCCCCCCCCCCC(CC)S(=O)(=O)O. The summed E-state index contributed by atoms with van der Waals surface area (Å²) in [6.07, 6.45) is 14.5. The van der Waals surface area contributed by atoms with Crippen LogP contribution in [0.25, 0.3) is 0 Å². The van der Waals surface area contributed by atoms with E-state index in [0.29, 0.717) is 12.8 Å². The van der Waals surface area contributed by atoms with Gasteiger partial charge in [-0.1, -0.05) is 78.1 Å². The highest BCUT2D eigenvalue weighted by Crippen LogP contribution is 2.16. The van der Waals surface area contributed by atoms with Gasteiger partial charge in [0.25, 0.3) is 10.1 Å². The highest BCUT2D eigenvalue weighted by molar-refractivity contribution is 7.86. The lowest BCUT2D eigenvalue weighted by atomic mass is 10.0. The Hall–Kier alpha value is -0.130. The third-order valence-electron chi connectivity index (χ3n) is 4.66. The molecule has 0 spiro atoms. The smallest absolute Gasteiger partial charge is 0.267 e. The lowest BCUT2D eigenvalue weighted by Gasteiger charge is -2.10. The molecule has 0 saturated carbocycles. The molecule has 0 radical (unpaired) electrons. The number of rotatable bonds is 16. The molecule has 4 nitrogen and oxygen atoms in total. The molecular weight excluding hydrogens is 312 g/mol. The van der Waals surface area contributed by atoms with E-state index in [1.54, 1.807) is 6.92 Å². The van der Waals surface area contributed by atoms with Crippen molar-refractivity contribution < 1.29 is 18.1 Å². The molecule has 0 aliphatic rings. The molecule has 0 heterocycles. The molecule has 0 aromatic carbocycles. The van der Waals surface area contributed by atoms with Crippen LogP contribution in [0.4, 0.5) is 0 Å². The highest BCUT2D eigenvalue weighted by Gasteiger charge is 2.19. The lowest BCUT2D eigenvalue weighted by Crippen LogP contribution is -2.19. The van der Waals surface area contributed by atoms with Gasteiger partial charge in [0, 0.05) is 0 Å². The summed E-state index contributed by atoms with van der Waals surface area (Å²) in [4.78, 5) is 0. The van der Waals surface area contributed by atoms with Crippen molar-refractivity contribution in [3.8, 4) is 0 Å². The minimum Gasteiger partial charge on any atom is -0.393 e. The van der Waals surface area contributed by atoms with Crippen LogP contribution in [-0.4, -0.2) is 29.4 Å². The Morgan fingerprint density at radius 1 is 0.696 bits per heavy atom. The topological polar surface area (TPSA) is 74.6 Å². The number of aliphatic hydroxyl groups excluding tert-OH is 1. The van der Waals surface area contributed by atoms with Crippen molar-refractivity contribution in [3.05, 3.63) is 0 Å². The predicted octanol–water partition coefficient (Wildman–Crippen LogP) is 5.10. The summed E-state index contributed by atoms with van der Waals surface area (Å²) in [5.74, 6) is 0. The molecule has 0 rings (SSSR count). The fourth-order valence-electron chi connectivity index (χ4n) is 2.93. The summed E-state index contributed by atoms with van der Waals surface area (Å²) in [6, 6.07) is 0. The van der Waals surface area contributed by atoms with E-state index in [2.05, 4.69) is 0 Å². The van der Waals surface area contributed by atoms with Crippen LogP contribution in [0.1, 0.15) is 104 Å². The highest BCUT2D eigenvalue weighted by atomic mass is 32.2. The summed E-state index contributed by atoms with van der Waals surface area (Å²) >= 11 is 0. The van der Waals surface area contributed by atoms with E-state index in [1.165, 1.54) is 38.5 Å². The first-order valence-corrected chi connectivity index (χ1v) is 11.1. The maximum Gasteiger partial charge on any atom is 0.267 e. The van der Waals surface area contributed by atoms with Gasteiger partial charge >= 0.3 is 0 Å². The van der Waals surface area contributed by atoms with E-state index in [1.807, 2.05) is 6.92 Å². The molecule has 5 heteroatoms. The number of hydrogen-bond acceptors (Lipinski definition) is 3. The van der Waals surface area contributed by atoms with Gasteiger partial charge < -0.3 is 5.11 Å². The molecule has 0 aliphatic carbocycles. The average molecular weight is 351 g/mol. The summed E-state index contributed by atoms with van der Waals surface area (Å²) in [5.41, 5.74) is 0. The summed E-state index contributed by atoms with van der Waals surface area (Å²) in [5, 5.41) is 8.87. The standard InChI is InChI=1S/C18H38O4S/c1-3-17(19)15-13-11-9-7-5-6-8-10-12-14-16-18(4-2)23(20,21)22/h17-19H,3-16H2,1-2H3,(H,20,21,22). The maximum absolute atomic E-state index is 11.1. The minimum absolute atomic E-state index is 0.108. The normalized spacial score (nSPS) is 14.8. The fraction of sp³-hybridized carbons (Fsp3) is 1.00. The van der Waals surface area contributed by atoms with Gasteiger partial charge in [0.15, 0.2) is 0 Å². The molecule has 140 valence electrons. The van der Waals surface area contributed by atoms with Crippen LogP contribution >= 0.6 is 0 Å². The quantitative estimate of drug-likeness (QED) is 0.300. The van der Waals surface area contributed by atoms with Crippen molar-refractivity contribution >= 4 is 10.1 Å². The van der Waals surface area contributed by atoms with E-state index >= 15 is 0 Å². The Morgan fingerprint density at radius 2 is 1.09 bits per heavy atom. The van der Waals surface area contributed by atoms with E-state index in [-0.39, 0.29) is 6.10 Å². The predicted molar refractivity (Wildman–Crippen MR) is 97.3 cm³/mol. The molecule has 0 bridgehead atoms. The largest absolute Gasteiger partial charge is 0.393 e. The molecular formula is C18H38O4S. The van der Waals surface area contributed by atoms with Crippen molar-refractivity contribution in [3.63, 3.8) is 0 Å². The average Bonchev–Trinajstić information content (AvgIpc) is 2.50. The summed E-state index contributed by atoms with van der Waals surface area (Å²) < 4.78 is 31.2. The first kappa shape index (κ1) is 22.9. The zero-order chi connectivity index (χ0) is 17.6. The minimum atomic E-state index is -3.85. The van der Waals surface area contributed by atoms with Crippen molar-refractivity contribution in [2.45, 2.75) is 115 Å². The number of aliphatic hydroxyl groups is 1. The summed E-state index contributed by atoms with van der Waals surface area (Å²) in [6.45, 7) is 3.83. The molecule has 2 atom stereocenters. The van der Waals surface area contributed by atoms with Crippen molar-refractivity contribution in [1.82, 2.24) is 0 Å². The molecule has 0 amide bonds. The van der Waals surface area contributed by atoms with Crippen molar-refractivity contribution in [2.24, 2.45) is 0 Å². The Bertz CT molecular complexity index is 354. The zero-order valence-corrected chi connectivity index (χ0v) is 16.0. The Balaban J connectivity index is 3.31. The van der Waals surface area contributed by atoms with Crippen LogP contribution in [0.3, 0.4) is 0 Å². The third kappa shape index (κ3) is 14.0. The van der Waals surface area contributed by atoms with Crippen LogP contribution in [0.15, 0.2) is 0 Å². The second-order valence-corrected chi connectivity index (χ2v) is 8.42. The Morgan fingerprint density at radius 3 is 1.43 bits per heavy atom. The molecule has 0 saturated heterocycles. The molecule has 2 unspecified atom stereocenters. The second kappa shape index (κ2) is 14.2. The van der Waals surface area contributed by atoms with E-state index < -0.39 is 15.4 Å². The van der Waals surface area contributed by atoms with Crippen LogP contribution in [0, 0.1) is 0 Å². The third-order valence-corrected chi connectivity index (χ3v) is 6.07. The van der Waals surface area contributed by atoms with Gasteiger partial charge in [-0.2, -0.15) is 8.42 Å². The Kier molecular flexibility index (Phi) is 14.2. The monoisotopic (exact) mass is 350 g/mol. The second-order valence-electron chi connectivity index (χ2n) is 6.72. The van der Waals surface area contributed by atoms with Crippen molar-refractivity contribution in [1.29, 1.82) is 0 Å². The first-order chi connectivity index (χ1) is 10.9. The molecule has 0 aromatic rings. The maximum atomic E-state index is 11.1. The van der Waals surface area contributed by atoms with Crippen LogP contribution in [0.5, 0.6) is 0 Å². The van der Waals surface area contributed by atoms with Gasteiger partial charge in [-0.3, -0.25) is 4.55 Å². The first-order valence-electron chi connectivity index (χ1n) is 9.56.